The maximum atomic E-state index is 10.4. The minimum absolute atomic E-state index is 0.109. The highest BCUT2D eigenvalue weighted by molar-refractivity contribution is 5.96. The molecule has 72 valence electrons. The molecule has 1 aliphatic heterocycles. The van der Waals surface area contributed by atoms with Gasteiger partial charge in [-0.3, -0.25) is 4.79 Å². The van der Waals surface area contributed by atoms with Crippen LogP contribution in [0.5, 0.6) is 0 Å². The molecule has 13 heavy (non-hydrogen) atoms. The molecule has 1 aliphatic carbocycles. The van der Waals surface area contributed by atoms with Gasteiger partial charge in [0.05, 0.1) is 5.92 Å². The van der Waals surface area contributed by atoms with E-state index in [2.05, 4.69) is 18.5 Å². The molecule has 2 heteroatoms. The normalized spacial score (nSPS) is 20.7. The van der Waals surface area contributed by atoms with Gasteiger partial charge in [-0.15, -0.1) is 0 Å². The average Bonchev–Trinajstić information content (AvgIpc) is 2.89. The van der Waals surface area contributed by atoms with Crippen LogP contribution in [-0.2, 0) is 4.79 Å². The van der Waals surface area contributed by atoms with Gasteiger partial charge in [0.1, 0.15) is 0 Å². The zero-order valence-corrected chi connectivity index (χ0v) is 8.20. The van der Waals surface area contributed by atoms with Crippen LogP contribution in [0.1, 0.15) is 12.8 Å². The van der Waals surface area contributed by atoms with E-state index >= 15 is 0 Å². The summed E-state index contributed by atoms with van der Waals surface area (Å²) in [4.78, 5) is 12.8. The van der Waals surface area contributed by atoms with Crippen LogP contribution in [0.2, 0.25) is 0 Å². The molecule has 0 radical (unpaired) electrons. The molecule has 0 saturated carbocycles. The lowest BCUT2D eigenvalue weighted by molar-refractivity contribution is -0.115. The highest BCUT2D eigenvalue weighted by Gasteiger charge is 2.16. The summed E-state index contributed by atoms with van der Waals surface area (Å²) >= 11 is 0. The van der Waals surface area contributed by atoms with Crippen molar-refractivity contribution < 1.29 is 4.79 Å². The number of likely N-dealkylation sites (tertiary alicyclic amines) is 1. The summed E-state index contributed by atoms with van der Waals surface area (Å²) in [5.74, 6) is 0.220. The molecule has 1 heterocycles. The van der Waals surface area contributed by atoms with E-state index in [1.54, 1.807) is 0 Å². The minimum atomic E-state index is 0.109. The maximum Gasteiger partial charge on any atom is 0.165 e. The molecule has 0 spiro atoms. The number of rotatable bonds is 2. The number of nitrogens with zero attached hydrogens (tertiary/aromatic N) is 1. The van der Waals surface area contributed by atoms with Gasteiger partial charge in [0, 0.05) is 0 Å². The number of hydrogen-bond acceptors (Lipinski definition) is 2. The quantitative estimate of drug-likeness (QED) is 0.474. The Morgan fingerprint density at radius 3 is 2.15 bits per heavy atom. The highest BCUT2D eigenvalue weighted by Crippen LogP contribution is 2.16. The molecule has 0 aromatic carbocycles. The van der Waals surface area contributed by atoms with E-state index in [-0.39, 0.29) is 11.7 Å². The van der Waals surface area contributed by atoms with Crippen molar-refractivity contribution in [2.75, 3.05) is 20.1 Å². The smallest absolute Gasteiger partial charge is 0.165 e. The van der Waals surface area contributed by atoms with E-state index in [1.807, 2.05) is 12.2 Å². The van der Waals surface area contributed by atoms with Crippen molar-refractivity contribution in [1.29, 1.82) is 0 Å². The first-order valence-corrected chi connectivity index (χ1v) is 4.77. The number of carbonyl (C=O) groups excluding carboxylic acids is 1. The number of allylic oxidation sites excluding steroid dienone is 3. The summed E-state index contributed by atoms with van der Waals surface area (Å²) in [5.41, 5.74) is 0. The van der Waals surface area contributed by atoms with Crippen LogP contribution in [0.15, 0.2) is 24.8 Å². The summed E-state index contributed by atoms with van der Waals surface area (Å²) in [7, 11) is 2.17. The Bertz CT molecular complexity index is 208. The van der Waals surface area contributed by atoms with Crippen molar-refractivity contribution in [2.24, 2.45) is 5.92 Å². The monoisotopic (exact) mass is 179 g/mol. The molecule has 0 atom stereocenters. The van der Waals surface area contributed by atoms with E-state index in [4.69, 9.17) is 0 Å². The van der Waals surface area contributed by atoms with Crippen LogP contribution in [0, 0.1) is 5.92 Å². The molecule has 0 amide bonds. The van der Waals surface area contributed by atoms with Gasteiger partial charge in [0.2, 0.25) is 0 Å². The first-order chi connectivity index (χ1) is 6.24. The third kappa shape index (κ3) is 4.04. The minimum Gasteiger partial charge on any atom is -0.306 e. The Morgan fingerprint density at radius 2 is 2.00 bits per heavy atom. The molecule has 0 unspecified atom stereocenters. The summed E-state index contributed by atoms with van der Waals surface area (Å²) in [5, 5.41) is 0. The second-order valence-electron chi connectivity index (χ2n) is 3.53. The van der Waals surface area contributed by atoms with Gasteiger partial charge < -0.3 is 4.90 Å². The van der Waals surface area contributed by atoms with Gasteiger partial charge in [0.25, 0.3) is 0 Å². The van der Waals surface area contributed by atoms with Crippen LogP contribution in [0.25, 0.3) is 0 Å². The Hall–Kier alpha value is -0.890. The lowest BCUT2D eigenvalue weighted by atomic mass is 10.2. The third-order valence-corrected chi connectivity index (χ3v) is 2.24. The van der Waals surface area contributed by atoms with E-state index < -0.39 is 0 Å². The number of ketones is 1. The molecule has 0 bridgehead atoms. The molecule has 2 nitrogen and oxygen atoms in total. The molecule has 0 N–H and O–H groups in total. The number of carbonyl (C=O) groups is 1. The van der Waals surface area contributed by atoms with Crippen molar-refractivity contribution in [3.63, 3.8) is 0 Å². The fourth-order valence-electron chi connectivity index (χ4n) is 1.26. The van der Waals surface area contributed by atoms with Crippen LogP contribution >= 0.6 is 0 Å². The first kappa shape index (κ1) is 10.2. The van der Waals surface area contributed by atoms with Gasteiger partial charge in [0.15, 0.2) is 5.78 Å². The Labute approximate surface area is 79.9 Å². The van der Waals surface area contributed by atoms with Crippen LogP contribution in [0.4, 0.5) is 0 Å². The average molecular weight is 179 g/mol. The molecule has 1 fully saturated rings. The standard InChI is InChI=1S/C6H6O.C5H11N/c1-2-6(7)5-3-4-5;1-6-4-2-3-5-6/h2-5H,1H2;2-5H2,1H3. The lowest BCUT2D eigenvalue weighted by Crippen LogP contribution is -2.10. The molecular formula is C11H17NO. The van der Waals surface area contributed by atoms with Crippen LogP contribution < -0.4 is 0 Å². The van der Waals surface area contributed by atoms with Gasteiger partial charge in [-0.25, -0.2) is 0 Å². The zero-order chi connectivity index (χ0) is 9.68. The van der Waals surface area contributed by atoms with Crippen LogP contribution in [0.3, 0.4) is 0 Å². The molecule has 0 aromatic heterocycles. The van der Waals surface area contributed by atoms with Gasteiger partial charge >= 0.3 is 0 Å². The summed E-state index contributed by atoms with van der Waals surface area (Å²) in [6.45, 7) is 5.97. The fraction of sp³-hybridized carbons (Fsp3) is 0.545. The topological polar surface area (TPSA) is 20.3 Å². The fourth-order valence-corrected chi connectivity index (χ4v) is 1.26. The predicted octanol–water partition coefficient (Wildman–Crippen LogP) is 1.64. The third-order valence-electron chi connectivity index (χ3n) is 2.24. The first-order valence-electron chi connectivity index (χ1n) is 4.77. The van der Waals surface area contributed by atoms with E-state index in [9.17, 15) is 4.79 Å². The predicted molar refractivity (Wildman–Crippen MR) is 54.6 cm³/mol. The van der Waals surface area contributed by atoms with E-state index in [0.717, 1.165) is 0 Å². The lowest BCUT2D eigenvalue weighted by Gasteiger charge is -2.01. The highest BCUT2D eigenvalue weighted by atomic mass is 16.1. The van der Waals surface area contributed by atoms with E-state index in [0.29, 0.717) is 0 Å². The van der Waals surface area contributed by atoms with Crippen molar-refractivity contribution >= 4 is 5.78 Å². The van der Waals surface area contributed by atoms with Crippen molar-refractivity contribution in [2.45, 2.75) is 12.8 Å². The largest absolute Gasteiger partial charge is 0.306 e. The SMILES string of the molecule is C=CC(=O)C1C=C1.CN1CCCC1. The zero-order valence-electron chi connectivity index (χ0n) is 8.20. The Balaban J connectivity index is 0.000000132. The maximum absolute atomic E-state index is 10.4. The molecule has 2 aliphatic rings. The van der Waals surface area contributed by atoms with Crippen molar-refractivity contribution in [3.8, 4) is 0 Å². The van der Waals surface area contributed by atoms with Gasteiger partial charge in [-0.2, -0.15) is 0 Å². The molecule has 0 aromatic rings. The summed E-state index contributed by atoms with van der Waals surface area (Å²) < 4.78 is 0. The van der Waals surface area contributed by atoms with Gasteiger partial charge in [-0.05, 0) is 39.1 Å². The summed E-state index contributed by atoms with van der Waals surface area (Å²) in [6, 6.07) is 0. The second-order valence-corrected chi connectivity index (χ2v) is 3.53. The van der Waals surface area contributed by atoms with Crippen molar-refractivity contribution in [1.82, 2.24) is 4.90 Å². The second kappa shape index (κ2) is 4.97. The molecule has 1 saturated heterocycles. The van der Waals surface area contributed by atoms with Gasteiger partial charge in [-0.1, -0.05) is 18.7 Å². The van der Waals surface area contributed by atoms with E-state index in [1.165, 1.54) is 32.0 Å². The Morgan fingerprint density at radius 1 is 1.46 bits per heavy atom. The summed E-state index contributed by atoms with van der Waals surface area (Å²) in [6.07, 6.45) is 7.88. The Kier molecular flexibility index (Phi) is 3.90. The van der Waals surface area contributed by atoms with Crippen LogP contribution in [-0.4, -0.2) is 30.8 Å². The molecule has 2 rings (SSSR count). The van der Waals surface area contributed by atoms with Crippen molar-refractivity contribution in [3.05, 3.63) is 24.8 Å². The number of hydrogen-bond donors (Lipinski definition) is 0. The molecular weight excluding hydrogens is 162 g/mol.